The van der Waals surface area contributed by atoms with Crippen LogP contribution in [0.15, 0.2) is 10.7 Å². The van der Waals surface area contributed by atoms with Gasteiger partial charge in [0.1, 0.15) is 0 Å². The zero-order chi connectivity index (χ0) is 12.3. The molecule has 7 nitrogen and oxygen atoms in total. The minimum absolute atomic E-state index is 0.320. The van der Waals surface area contributed by atoms with Gasteiger partial charge in [-0.05, 0) is 13.0 Å². The smallest absolute Gasteiger partial charge is 0.228 e. The van der Waals surface area contributed by atoms with Gasteiger partial charge < -0.3 is 9.84 Å². The Labute approximate surface area is 99.0 Å². The van der Waals surface area contributed by atoms with Gasteiger partial charge in [-0.2, -0.15) is 20.4 Å². The van der Waals surface area contributed by atoms with Gasteiger partial charge in [-0.25, -0.2) is 0 Å². The van der Waals surface area contributed by atoms with Crippen LogP contribution >= 0.6 is 0 Å². The molecule has 0 saturated carbocycles. The SMILES string of the molecule is CNC(Cc1nc(-c2cn[nH]n2)no1)C(C)C. The van der Waals surface area contributed by atoms with E-state index in [1.165, 1.54) is 0 Å². The van der Waals surface area contributed by atoms with Gasteiger partial charge in [0, 0.05) is 12.5 Å². The van der Waals surface area contributed by atoms with Crippen LogP contribution in [-0.2, 0) is 6.42 Å². The lowest BCUT2D eigenvalue weighted by Gasteiger charge is -2.17. The summed E-state index contributed by atoms with van der Waals surface area (Å²) in [5, 5.41) is 17.2. The lowest BCUT2D eigenvalue weighted by atomic mass is 10.0. The van der Waals surface area contributed by atoms with Crippen LogP contribution in [0.5, 0.6) is 0 Å². The van der Waals surface area contributed by atoms with Crippen molar-refractivity contribution in [1.82, 2.24) is 30.9 Å². The van der Waals surface area contributed by atoms with Gasteiger partial charge in [-0.15, -0.1) is 0 Å². The molecule has 0 bridgehead atoms. The summed E-state index contributed by atoms with van der Waals surface area (Å²) in [6, 6.07) is 0.320. The van der Waals surface area contributed by atoms with Gasteiger partial charge in [0.2, 0.25) is 11.7 Å². The highest BCUT2D eigenvalue weighted by atomic mass is 16.5. The van der Waals surface area contributed by atoms with Crippen LogP contribution in [0.25, 0.3) is 11.5 Å². The van der Waals surface area contributed by atoms with Crippen molar-refractivity contribution < 1.29 is 4.52 Å². The van der Waals surface area contributed by atoms with Crippen molar-refractivity contribution in [3.05, 3.63) is 12.1 Å². The molecule has 1 atom stereocenters. The minimum Gasteiger partial charge on any atom is -0.339 e. The molecule has 0 fully saturated rings. The molecule has 0 aliphatic carbocycles. The molecule has 0 amide bonds. The maximum atomic E-state index is 5.19. The van der Waals surface area contributed by atoms with E-state index < -0.39 is 0 Å². The molecule has 0 aliphatic heterocycles. The number of H-pyrrole nitrogens is 1. The molecular weight excluding hydrogens is 220 g/mol. The topological polar surface area (TPSA) is 92.5 Å². The number of rotatable bonds is 5. The normalized spacial score (nSPS) is 13.2. The highest BCUT2D eigenvalue weighted by molar-refractivity contribution is 5.44. The number of aromatic nitrogens is 5. The first-order valence-electron chi connectivity index (χ1n) is 5.56. The minimum atomic E-state index is 0.320. The van der Waals surface area contributed by atoms with Crippen LogP contribution < -0.4 is 5.32 Å². The number of nitrogens with zero attached hydrogens (tertiary/aromatic N) is 4. The summed E-state index contributed by atoms with van der Waals surface area (Å²) < 4.78 is 5.19. The molecule has 2 aromatic rings. The first kappa shape index (κ1) is 11.7. The Morgan fingerprint density at radius 1 is 1.47 bits per heavy atom. The highest BCUT2D eigenvalue weighted by Gasteiger charge is 2.17. The summed E-state index contributed by atoms with van der Waals surface area (Å²) in [5.74, 6) is 1.57. The van der Waals surface area contributed by atoms with Crippen molar-refractivity contribution >= 4 is 0 Å². The molecule has 2 rings (SSSR count). The van der Waals surface area contributed by atoms with Gasteiger partial charge >= 0.3 is 0 Å². The number of hydrogen-bond acceptors (Lipinski definition) is 6. The predicted octanol–water partition coefficient (Wildman–Crippen LogP) is 0.641. The maximum absolute atomic E-state index is 5.19. The second-order valence-electron chi connectivity index (χ2n) is 4.21. The van der Waals surface area contributed by atoms with E-state index in [-0.39, 0.29) is 0 Å². The van der Waals surface area contributed by atoms with Gasteiger partial charge in [-0.1, -0.05) is 19.0 Å². The second-order valence-corrected chi connectivity index (χ2v) is 4.21. The predicted molar refractivity (Wildman–Crippen MR) is 61.1 cm³/mol. The van der Waals surface area contributed by atoms with E-state index in [4.69, 9.17) is 4.52 Å². The quantitative estimate of drug-likeness (QED) is 0.791. The van der Waals surface area contributed by atoms with Crippen LogP contribution in [0.4, 0.5) is 0 Å². The van der Waals surface area contributed by atoms with Crippen LogP contribution in [0.1, 0.15) is 19.7 Å². The van der Waals surface area contributed by atoms with Crippen molar-refractivity contribution in [2.24, 2.45) is 5.92 Å². The number of hydrogen-bond donors (Lipinski definition) is 2. The fourth-order valence-electron chi connectivity index (χ4n) is 1.61. The zero-order valence-corrected chi connectivity index (χ0v) is 10.1. The summed E-state index contributed by atoms with van der Waals surface area (Å²) in [7, 11) is 1.93. The molecule has 0 radical (unpaired) electrons. The number of aromatic amines is 1. The molecule has 2 N–H and O–H groups in total. The summed E-state index contributed by atoms with van der Waals surface area (Å²) in [6.07, 6.45) is 2.27. The Bertz CT molecular complexity index is 449. The molecule has 92 valence electrons. The molecule has 0 aromatic carbocycles. The van der Waals surface area contributed by atoms with Crippen LogP contribution in [0.3, 0.4) is 0 Å². The largest absolute Gasteiger partial charge is 0.339 e. The third-order valence-corrected chi connectivity index (χ3v) is 2.68. The van der Waals surface area contributed by atoms with E-state index in [0.717, 1.165) is 0 Å². The molecular formula is C10H16N6O. The monoisotopic (exact) mass is 236 g/mol. The van der Waals surface area contributed by atoms with Crippen molar-refractivity contribution in [1.29, 1.82) is 0 Å². The summed E-state index contributed by atoms with van der Waals surface area (Å²) in [6.45, 7) is 4.30. The van der Waals surface area contributed by atoms with Crippen molar-refractivity contribution in [3.63, 3.8) is 0 Å². The van der Waals surface area contributed by atoms with E-state index in [2.05, 4.69) is 44.7 Å². The molecule has 7 heteroatoms. The molecule has 17 heavy (non-hydrogen) atoms. The van der Waals surface area contributed by atoms with Gasteiger partial charge in [0.05, 0.1) is 6.20 Å². The van der Waals surface area contributed by atoms with E-state index >= 15 is 0 Å². The summed E-state index contributed by atoms with van der Waals surface area (Å²) in [5.41, 5.74) is 0.588. The maximum Gasteiger partial charge on any atom is 0.228 e. The summed E-state index contributed by atoms with van der Waals surface area (Å²) >= 11 is 0. The summed E-state index contributed by atoms with van der Waals surface area (Å²) in [4.78, 5) is 4.28. The Morgan fingerprint density at radius 2 is 2.29 bits per heavy atom. The zero-order valence-electron chi connectivity index (χ0n) is 10.1. The number of likely N-dealkylation sites (N-methyl/N-ethyl adjacent to an activating group) is 1. The van der Waals surface area contributed by atoms with Crippen molar-refractivity contribution in [3.8, 4) is 11.5 Å². The van der Waals surface area contributed by atoms with Gasteiger partial charge in [-0.3, -0.25) is 0 Å². The van der Waals surface area contributed by atoms with Gasteiger partial charge in [0.15, 0.2) is 5.69 Å². The lowest BCUT2D eigenvalue weighted by Crippen LogP contribution is -2.32. The molecule has 0 aliphatic rings. The molecule has 0 saturated heterocycles. The molecule has 1 unspecified atom stereocenters. The Morgan fingerprint density at radius 3 is 2.88 bits per heavy atom. The number of nitrogens with one attached hydrogen (secondary N) is 2. The van der Waals surface area contributed by atoms with Crippen LogP contribution in [0, 0.1) is 5.92 Å². The van der Waals surface area contributed by atoms with E-state index in [1.54, 1.807) is 6.20 Å². The fourth-order valence-corrected chi connectivity index (χ4v) is 1.61. The highest BCUT2D eigenvalue weighted by Crippen LogP contribution is 2.13. The average molecular weight is 236 g/mol. The first-order valence-corrected chi connectivity index (χ1v) is 5.56. The Balaban J connectivity index is 2.08. The van der Waals surface area contributed by atoms with Crippen molar-refractivity contribution in [2.45, 2.75) is 26.3 Å². The van der Waals surface area contributed by atoms with E-state index in [9.17, 15) is 0 Å². The fraction of sp³-hybridized carbons (Fsp3) is 0.600. The van der Waals surface area contributed by atoms with E-state index in [0.29, 0.717) is 35.8 Å². The molecule has 0 spiro atoms. The van der Waals surface area contributed by atoms with Crippen LogP contribution in [0.2, 0.25) is 0 Å². The van der Waals surface area contributed by atoms with Crippen molar-refractivity contribution in [2.75, 3.05) is 7.05 Å². The molecule has 2 heterocycles. The standard InChI is InChI=1S/C10H16N6O/c1-6(2)7(11-3)4-9-13-10(15-17-9)8-5-12-16-14-8/h5-7,11H,4H2,1-3H3,(H,12,14,16). The average Bonchev–Trinajstić information content (AvgIpc) is 2.95. The first-order chi connectivity index (χ1) is 8.20. The third-order valence-electron chi connectivity index (χ3n) is 2.68. The Hall–Kier alpha value is -1.76. The van der Waals surface area contributed by atoms with Crippen LogP contribution in [-0.4, -0.2) is 38.6 Å². The third kappa shape index (κ3) is 2.68. The lowest BCUT2D eigenvalue weighted by molar-refractivity contribution is 0.335. The second kappa shape index (κ2) is 5.05. The van der Waals surface area contributed by atoms with E-state index in [1.807, 2.05) is 7.05 Å². The van der Waals surface area contributed by atoms with Gasteiger partial charge in [0.25, 0.3) is 0 Å². The Kier molecular flexibility index (Phi) is 3.48. The molecule has 2 aromatic heterocycles.